The van der Waals surface area contributed by atoms with E-state index >= 15 is 0 Å². The van der Waals surface area contributed by atoms with Gasteiger partial charge in [-0.2, -0.15) is 0 Å². The van der Waals surface area contributed by atoms with Gasteiger partial charge in [0.05, 0.1) is 18.7 Å². The molecule has 184 valence electrons. The lowest BCUT2D eigenvalue weighted by atomic mass is 9.83. The molecule has 36 heavy (non-hydrogen) atoms. The fraction of sp³-hybridized carbons (Fsp3) is 0.233. The third kappa shape index (κ3) is 5.71. The standard InChI is InChI=1S/C30H30N2O4/c1-3-36-30(35)28-21(2)32(27(33)18-26(28)24-12-8-5-9-13-24)20-23-14-16-25(17-15-23)29(34)31-19-22-10-6-4-7-11-22/h4-17,26H,3,18-20H2,1-2H3,(H,31,34). The molecule has 1 N–H and O–H groups in total. The van der Waals surface area contributed by atoms with Crippen molar-refractivity contribution in [2.75, 3.05) is 6.61 Å². The average Bonchev–Trinajstić information content (AvgIpc) is 2.91. The van der Waals surface area contributed by atoms with Gasteiger partial charge in [0.1, 0.15) is 0 Å². The number of hydrogen-bond donors (Lipinski definition) is 1. The van der Waals surface area contributed by atoms with E-state index in [0.717, 1.165) is 16.7 Å². The number of benzene rings is 3. The maximum Gasteiger partial charge on any atom is 0.336 e. The van der Waals surface area contributed by atoms with Gasteiger partial charge in [-0.3, -0.25) is 9.59 Å². The van der Waals surface area contributed by atoms with Crippen molar-refractivity contribution < 1.29 is 19.1 Å². The van der Waals surface area contributed by atoms with Crippen LogP contribution in [-0.4, -0.2) is 29.3 Å². The van der Waals surface area contributed by atoms with Crippen molar-refractivity contribution in [2.45, 2.75) is 39.3 Å². The molecule has 0 aromatic heterocycles. The molecule has 6 nitrogen and oxygen atoms in total. The van der Waals surface area contributed by atoms with Crippen LogP contribution < -0.4 is 5.32 Å². The Balaban J connectivity index is 1.51. The largest absolute Gasteiger partial charge is 0.463 e. The second-order valence-corrected chi connectivity index (χ2v) is 8.73. The first-order valence-electron chi connectivity index (χ1n) is 12.1. The highest BCUT2D eigenvalue weighted by molar-refractivity contribution is 5.96. The summed E-state index contributed by atoms with van der Waals surface area (Å²) >= 11 is 0. The Labute approximate surface area is 211 Å². The lowest BCUT2D eigenvalue weighted by Gasteiger charge is -2.34. The minimum absolute atomic E-state index is 0.0564. The molecule has 3 aromatic carbocycles. The summed E-state index contributed by atoms with van der Waals surface area (Å²) in [6, 6.07) is 26.5. The van der Waals surface area contributed by atoms with Crippen LogP contribution in [0.4, 0.5) is 0 Å². The number of carbonyl (C=O) groups is 3. The first-order chi connectivity index (χ1) is 17.5. The summed E-state index contributed by atoms with van der Waals surface area (Å²) in [6.45, 7) is 4.59. The highest BCUT2D eigenvalue weighted by Crippen LogP contribution is 2.37. The van der Waals surface area contributed by atoms with E-state index in [4.69, 9.17) is 4.74 Å². The van der Waals surface area contributed by atoms with Gasteiger partial charge in [0, 0.05) is 30.1 Å². The average molecular weight is 483 g/mol. The summed E-state index contributed by atoms with van der Waals surface area (Å²) in [6.07, 6.45) is 0.190. The van der Waals surface area contributed by atoms with Gasteiger partial charge in [-0.1, -0.05) is 72.8 Å². The fourth-order valence-electron chi connectivity index (χ4n) is 4.47. The van der Waals surface area contributed by atoms with Crippen molar-refractivity contribution in [3.05, 3.63) is 118 Å². The zero-order chi connectivity index (χ0) is 25.5. The van der Waals surface area contributed by atoms with Crippen LogP contribution >= 0.6 is 0 Å². The Morgan fingerprint density at radius 1 is 0.917 bits per heavy atom. The zero-order valence-corrected chi connectivity index (χ0v) is 20.6. The molecule has 1 heterocycles. The molecule has 0 radical (unpaired) electrons. The SMILES string of the molecule is CCOC(=O)C1=C(C)N(Cc2ccc(C(=O)NCc3ccccc3)cc2)C(=O)CC1c1ccccc1. The van der Waals surface area contributed by atoms with Gasteiger partial charge < -0.3 is 15.0 Å². The summed E-state index contributed by atoms with van der Waals surface area (Å²) in [7, 11) is 0. The van der Waals surface area contributed by atoms with E-state index in [1.165, 1.54) is 0 Å². The molecule has 0 bridgehead atoms. The quantitative estimate of drug-likeness (QED) is 0.460. The summed E-state index contributed by atoms with van der Waals surface area (Å²) in [5, 5.41) is 2.92. The summed E-state index contributed by atoms with van der Waals surface area (Å²) in [4.78, 5) is 40.3. The number of amides is 2. The van der Waals surface area contributed by atoms with E-state index < -0.39 is 5.97 Å². The van der Waals surface area contributed by atoms with Gasteiger partial charge in [-0.05, 0) is 42.7 Å². The van der Waals surface area contributed by atoms with E-state index in [2.05, 4.69) is 5.32 Å². The number of nitrogens with one attached hydrogen (secondary N) is 1. The molecule has 0 aliphatic carbocycles. The van der Waals surface area contributed by atoms with Crippen LogP contribution in [0.2, 0.25) is 0 Å². The van der Waals surface area contributed by atoms with Crippen molar-refractivity contribution in [2.24, 2.45) is 0 Å². The van der Waals surface area contributed by atoms with Gasteiger partial charge in [0.25, 0.3) is 5.91 Å². The van der Waals surface area contributed by atoms with Gasteiger partial charge in [-0.15, -0.1) is 0 Å². The molecule has 0 fully saturated rings. The first-order valence-corrected chi connectivity index (χ1v) is 12.1. The third-order valence-electron chi connectivity index (χ3n) is 6.37. The Hall–Kier alpha value is -4.19. The van der Waals surface area contributed by atoms with Crippen molar-refractivity contribution in [1.82, 2.24) is 10.2 Å². The van der Waals surface area contributed by atoms with Crippen LogP contribution in [0.1, 0.15) is 53.2 Å². The molecule has 1 aliphatic rings. The smallest absolute Gasteiger partial charge is 0.336 e. The molecule has 0 saturated carbocycles. The summed E-state index contributed by atoms with van der Waals surface area (Å²) < 4.78 is 5.36. The van der Waals surface area contributed by atoms with Gasteiger partial charge >= 0.3 is 5.97 Å². The Morgan fingerprint density at radius 3 is 2.19 bits per heavy atom. The van der Waals surface area contributed by atoms with Crippen LogP contribution in [0.15, 0.2) is 96.2 Å². The molecule has 1 atom stereocenters. The molecular formula is C30H30N2O4. The number of esters is 1. The number of rotatable bonds is 8. The molecule has 2 amide bonds. The maximum atomic E-state index is 13.2. The molecule has 3 aromatic rings. The molecule has 0 saturated heterocycles. The van der Waals surface area contributed by atoms with Crippen molar-refractivity contribution in [1.29, 1.82) is 0 Å². The van der Waals surface area contributed by atoms with Crippen LogP contribution in [0.3, 0.4) is 0 Å². The highest BCUT2D eigenvalue weighted by Gasteiger charge is 2.36. The van der Waals surface area contributed by atoms with E-state index in [1.54, 1.807) is 30.9 Å². The zero-order valence-electron chi connectivity index (χ0n) is 20.6. The predicted octanol–water partition coefficient (Wildman–Crippen LogP) is 4.97. The van der Waals surface area contributed by atoms with E-state index in [9.17, 15) is 14.4 Å². The monoisotopic (exact) mass is 482 g/mol. The molecule has 1 aliphatic heterocycles. The lowest BCUT2D eigenvalue weighted by molar-refractivity contribution is -0.140. The topological polar surface area (TPSA) is 75.7 Å². The summed E-state index contributed by atoms with van der Waals surface area (Å²) in [5.41, 5.74) is 4.47. The number of nitrogens with zero attached hydrogens (tertiary/aromatic N) is 1. The molecule has 1 unspecified atom stereocenters. The molecular weight excluding hydrogens is 452 g/mol. The van der Waals surface area contributed by atoms with Gasteiger partial charge in [0.2, 0.25) is 5.91 Å². The van der Waals surface area contributed by atoms with Crippen molar-refractivity contribution in [3.63, 3.8) is 0 Å². The Kier molecular flexibility index (Phi) is 7.95. The minimum atomic E-state index is -0.396. The number of carbonyl (C=O) groups excluding carboxylic acids is 3. The Morgan fingerprint density at radius 2 is 1.56 bits per heavy atom. The van der Waals surface area contributed by atoms with Crippen LogP contribution in [-0.2, 0) is 27.4 Å². The van der Waals surface area contributed by atoms with E-state index in [1.807, 2.05) is 72.8 Å². The Bertz CT molecular complexity index is 1250. The number of allylic oxidation sites excluding steroid dienone is 1. The molecule has 0 spiro atoms. The van der Waals surface area contributed by atoms with E-state index in [0.29, 0.717) is 29.9 Å². The molecule has 4 rings (SSSR count). The number of ether oxygens (including phenoxy) is 1. The lowest BCUT2D eigenvalue weighted by Crippen LogP contribution is -2.38. The highest BCUT2D eigenvalue weighted by atomic mass is 16.5. The van der Waals surface area contributed by atoms with Gasteiger partial charge in [0.15, 0.2) is 0 Å². The third-order valence-corrected chi connectivity index (χ3v) is 6.37. The minimum Gasteiger partial charge on any atom is -0.463 e. The predicted molar refractivity (Wildman–Crippen MR) is 138 cm³/mol. The summed E-state index contributed by atoms with van der Waals surface area (Å²) in [5.74, 6) is -0.957. The maximum absolute atomic E-state index is 13.2. The second kappa shape index (κ2) is 11.5. The molecule has 6 heteroatoms. The fourth-order valence-corrected chi connectivity index (χ4v) is 4.47. The number of hydrogen-bond acceptors (Lipinski definition) is 4. The van der Waals surface area contributed by atoms with Crippen LogP contribution in [0, 0.1) is 0 Å². The van der Waals surface area contributed by atoms with Crippen molar-refractivity contribution in [3.8, 4) is 0 Å². The van der Waals surface area contributed by atoms with Gasteiger partial charge in [-0.25, -0.2) is 4.79 Å². The van der Waals surface area contributed by atoms with Crippen LogP contribution in [0.5, 0.6) is 0 Å². The second-order valence-electron chi connectivity index (χ2n) is 8.73. The first kappa shape index (κ1) is 24.9. The normalized spacial score (nSPS) is 15.6. The van der Waals surface area contributed by atoms with E-state index in [-0.39, 0.29) is 30.8 Å². The van der Waals surface area contributed by atoms with Crippen molar-refractivity contribution >= 4 is 17.8 Å². The van der Waals surface area contributed by atoms with Crippen LogP contribution in [0.25, 0.3) is 0 Å².